The first kappa shape index (κ1) is 22.6. The number of benzene rings is 3. The van der Waals surface area contributed by atoms with Crippen molar-refractivity contribution in [3.8, 4) is 11.3 Å². The minimum absolute atomic E-state index is 0.0644. The molecule has 1 aromatic heterocycles. The molecule has 0 spiro atoms. The van der Waals surface area contributed by atoms with E-state index in [0.29, 0.717) is 39.0 Å². The molecule has 2 heterocycles. The van der Waals surface area contributed by atoms with E-state index in [1.807, 2.05) is 35.2 Å². The fourth-order valence-corrected chi connectivity index (χ4v) is 4.72. The predicted octanol–water partition coefficient (Wildman–Crippen LogP) is 5.16. The van der Waals surface area contributed by atoms with Crippen LogP contribution in [0.3, 0.4) is 0 Å². The first-order chi connectivity index (χ1) is 17.0. The molecule has 5 rings (SSSR count). The number of nitro benzene ring substituents is 1. The number of carbonyl (C=O) groups is 1. The smallest absolute Gasteiger partial charge is 0.269 e. The van der Waals surface area contributed by atoms with Gasteiger partial charge in [0.1, 0.15) is 5.82 Å². The van der Waals surface area contributed by atoms with Crippen LogP contribution >= 0.6 is 0 Å². The first-order valence-corrected chi connectivity index (χ1v) is 11.6. The van der Waals surface area contributed by atoms with Crippen molar-refractivity contribution in [1.82, 2.24) is 9.88 Å². The summed E-state index contributed by atoms with van der Waals surface area (Å²) in [6.07, 6.45) is 0.843. The molecule has 0 radical (unpaired) electrons. The molecule has 1 N–H and O–H groups in total. The standard InChI is InChI=1S/C27H25FN4O3/c28-20-6-12-25-24(18-20)23(27(29-25)19-4-2-1-3-5-19)11-13-26(33)31-16-14-30(15-17-31)21-7-9-22(10-8-21)32(34)35/h1-10,12,18,29H,11,13-17H2. The number of aryl methyl sites for hydroxylation is 1. The van der Waals surface area contributed by atoms with Crippen LogP contribution in [0.5, 0.6) is 0 Å². The Morgan fingerprint density at radius 1 is 0.971 bits per heavy atom. The summed E-state index contributed by atoms with van der Waals surface area (Å²) in [5.74, 6) is -0.232. The third-order valence-corrected chi connectivity index (χ3v) is 6.58. The molecule has 7 nitrogen and oxygen atoms in total. The van der Waals surface area contributed by atoms with Gasteiger partial charge in [-0.3, -0.25) is 14.9 Å². The normalized spacial score (nSPS) is 13.9. The molecule has 0 aliphatic carbocycles. The minimum Gasteiger partial charge on any atom is -0.368 e. The summed E-state index contributed by atoms with van der Waals surface area (Å²) in [5.41, 5.74) is 4.70. The zero-order valence-electron chi connectivity index (χ0n) is 19.1. The van der Waals surface area contributed by atoms with Gasteiger partial charge in [0.2, 0.25) is 5.91 Å². The van der Waals surface area contributed by atoms with Crippen molar-refractivity contribution in [3.05, 3.63) is 94.3 Å². The summed E-state index contributed by atoms with van der Waals surface area (Å²) in [4.78, 5) is 30.9. The predicted molar refractivity (Wildman–Crippen MR) is 134 cm³/mol. The van der Waals surface area contributed by atoms with E-state index < -0.39 is 4.92 Å². The van der Waals surface area contributed by atoms with E-state index in [2.05, 4.69) is 9.88 Å². The van der Waals surface area contributed by atoms with Gasteiger partial charge in [0.05, 0.1) is 4.92 Å². The highest BCUT2D eigenvalue weighted by Gasteiger charge is 2.23. The number of nitrogens with one attached hydrogen (secondary N) is 1. The van der Waals surface area contributed by atoms with Crippen LogP contribution in [-0.2, 0) is 11.2 Å². The Morgan fingerprint density at radius 2 is 1.69 bits per heavy atom. The SMILES string of the molecule is O=C(CCc1c(-c2ccccc2)[nH]c2ccc(F)cc12)N1CCN(c2ccc([N+](=O)[O-])cc2)CC1. The summed E-state index contributed by atoms with van der Waals surface area (Å²) in [5, 5.41) is 11.7. The molecular formula is C27H25FN4O3. The maximum absolute atomic E-state index is 14.0. The molecule has 1 aliphatic rings. The van der Waals surface area contributed by atoms with E-state index >= 15 is 0 Å². The van der Waals surface area contributed by atoms with Crippen LogP contribution in [0.25, 0.3) is 22.2 Å². The van der Waals surface area contributed by atoms with Gasteiger partial charge >= 0.3 is 0 Å². The fourth-order valence-electron chi connectivity index (χ4n) is 4.72. The second-order valence-corrected chi connectivity index (χ2v) is 8.68. The number of hydrogen-bond donors (Lipinski definition) is 1. The molecule has 1 amide bonds. The van der Waals surface area contributed by atoms with Crippen molar-refractivity contribution in [2.45, 2.75) is 12.8 Å². The topological polar surface area (TPSA) is 82.5 Å². The summed E-state index contributed by atoms with van der Waals surface area (Å²) in [6, 6.07) is 21.1. The van der Waals surface area contributed by atoms with E-state index in [1.165, 1.54) is 24.3 Å². The van der Waals surface area contributed by atoms with Gasteiger partial charge in [0.15, 0.2) is 0 Å². The van der Waals surface area contributed by atoms with E-state index in [0.717, 1.165) is 33.4 Å². The number of halogens is 1. The summed E-state index contributed by atoms with van der Waals surface area (Å²) < 4.78 is 14.0. The summed E-state index contributed by atoms with van der Waals surface area (Å²) >= 11 is 0. The number of rotatable bonds is 6. The molecule has 8 heteroatoms. The first-order valence-electron chi connectivity index (χ1n) is 11.6. The molecule has 35 heavy (non-hydrogen) atoms. The Bertz CT molecular complexity index is 1360. The van der Waals surface area contributed by atoms with Crippen molar-refractivity contribution in [2.24, 2.45) is 0 Å². The number of piperazine rings is 1. The van der Waals surface area contributed by atoms with Crippen molar-refractivity contribution < 1.29 is 14.1 Å². The van der Waals surface area contributed by atoms with Crippen LogP contribution in [0.4, 0.5) is 15.8 Å². The van der Waals surface area contributed by atoms with Gasteiger partial charge in [0.25, 0.3) is 5.69 Å². The molecule has 0 bridgehead atoms. The summed E-state index contributed by atoms with van der Waals surface area (Å²) in [6.45, 7) is 2.50. The maximum atomic E-state index is 14.0. The van der Waals surface area contributed by atoms with Crippen LogP contribution in [0.2, 0.25) is 0 Å². The number of aromatic nitrogens is 1. The number of nitro groups is 1. The van der Waals surface area contributed by atoms with E-state index in [9.17, 15) is 19.3 Å². The Morgan fingerprint density at radius 3 is 2.37 bits per heavy atom. The number of anilines is 1. The molecule has 1 saturated heterocycles. The van der Waals surface area contributed by atoms with Gasteiger partial charge in [-0.15, -0.1) is 0 Å². The van der Waals surface area contributed by atoms with E-state index in [1.54, 1.807) is 18.2 Å². The van der Waals surface area contributed by atoms with Crippen molar-refractivity contribution >= 4 is 28.2 Å². The van der Waals surface area contributed by atoms with Gasteiger partial charge in [-0.05, 0) is 47.9 Å². The number of hydrogen-bond acceptors (Lipinski definition) is 4. The Balaban J connectivity index is 1.26. The lowest BCUT2D eigenvalue weighted by Crippen LogP contribution is -2.48. The zero-order chi connectivity index (χ0) is 24.4. The number of H-pyrrole nitrogens is 1. The third-order valence-electron chi connectivity index (χ3n) is 6.58. The zero-order valence-corrected chi connectivity index (χ0v) is 19.1. The highest BCUT2D eigenvalue weighted by atomic mass is 19.1. The average Bonchev–Trinajstić information content (AvgIpc) is 3.25. The van der Waals surface area contributed by atoms with Gasteiger partial charge in [-0.25, -0.2) is 4.39 Å². The number of non-ortho nitro benzene ring substituents is 1. The van der Waals surface area contributed by atoms with E-state index in [4.69, 9.17) is 0 Å². The molecule has 0 saturated carbocycles. The second-order valence-electron chi connectivity index (χ2n) is 8.68. The van der Waals surface area contributed by atoms with Crippen LogP contribution in [-0.4, -0.2) is 46.9 Å². The van der Waals surface area contributed by atoms with Gasteiger partial charge < -0.3 is 14.8 Å². The number of aromatic amines is 1. The highest BCUT2D eigenvalue weighted by Crippen LogP contribution is 2.32. The molecule has 178 valence electrons. The fraction of sp³-hybridized carbons (Fsp3) is 0.222. The lowest BCUT2D eigenvalue weighted by atomic mass is 10.0. The lowest BCUT2D eigenvalue weighted by Gasteiger charge is -2.36. The van der Waals surface area contributed by atoms with Crippen molar-refractivity contribution in [3.63, 3.8) is 0 Å². The molecule has 4 aromatic rings. The molecular weight excluding hydrogens is 447 g/mol. The number of fused-ring (bicyclic) bond motifs is 1. The monoisotopic (exact) mass is 472 g/mol. The second kappa shape index (κ2) is 9.58. The molecule has 1 aliphatic heterocycles. The molecule has 0 unspecified atom stereocenters. The van der Waals surface area contributed by atoms with Crippen LogP contribution in [0.15, 0.2) is 72.8 Å². The number of amides is 1. The highest BCUT2D eigenvalue weighted by molar-refractivity contribution is 5.91. The third kappa shape index (κ3) is 4.73. The van der Waals surface area contributed by atoms with Crippen molar-refractivity contribution in [2.75, 3.05) is 31.1 Å². The van der Waals surface area contributed by atoms with Gasteiger partial charge in [-0.1, -0.05) is 30.3 Å². The van der Waals surface area contributed by atoms with Crippen LogP contribution < -0.4 is 4.90 Å². The van der Waals surface area contributed by atoms with Crippen LogP contribution in [0, 0.1) is 15.9 Å². The Hall–Kier alpha value is -4.20. The van der Waals surface area contributed by atoms with E-state index in [-0.39, 0.29) is 17.4 Å². The van der Waals surface area contributed by atoms with Crippen LogP contribution in [0.1, 0.15) is 12.0 Å². The minimum atomic E-state index is -0.411. The largest absolute Gasteiger partial charge is 0.368 e. The Kier molecular flexibility index (Phi) is 6.18. The number of carbonyl (C=O) groups excluding carboxylic acids is 1. The quantitative estimate of drug-likeness (QED) is 0.310. The van der Waals surface area contributed by atoms with Gasteiger partial charge in [-0.2, -0.15) is 0 Å². The molecule has 1 fully saturated rings. The summed E-state index contributed by atoms with van der Waals surface area (Å²) in [7, 11) is 0. The van der Waals surface area contributed by atoms with Crippen molar-refractivity contribution in [1.29, 1.82) is 0 Å². The average molecular weight is 473 g/mol. The lowest BCUT2D eigenvalue weighted by molar-refractivity contribution is -0.384. The molecule has 3 aromatic carbocycles. The van der Waals surface area contributed by atoms with Gasteiger partial charge in [0, 0.05) is 67.0 Å². The maximum Gasteiger partial charge on any atom is 0.269 e. The molecule has 0 atom stereocenters. The number of nitrogens with zero attached hydrogens (tertiary/aromatic N) is 3. The Labute approximate surface area is 201 Å².